The van der Waals surface area contributed by atoms with E-state index in [1.807, 2.05) is 19.9 Å². The normalized spacial score (nSPS) is 32.5. The predicted octanol–water partition coefficient (Wildman–Crippen LogP) is 4.29. The molecule has 0 N–H and O–H groups in total. The highest BCUT2D eigenvalue weighted by Gasteiger charge is 2.44. The topological polar surface area (TPSA) is 36.9 Å². The van der Waals surface area contributed by atoms with Crippen LogP contribution in [0, 0.1) is 5.92 Å². The second-order valence-corrected chi connectivity index (χ2v) is 6.05. The minimum atomic E-state index is -0.274. The van der Waals surface area contributed by atoms with Crippen LogP contribution in [0.4, 0.5) is 0 Å². The van der Waals surface area contributed by atoms with E-state index in [1.54, 1.807) is 6.26 Å². The van der Waals surface area contributed by atoms with E-state index in [0.29, 0.717) is 0 Å². The lowest BCUT2D eigenvalue weighted by Crippen LogP contribution is -2.55. The summed E-state index contributed by atoms with van der Waals surface area (Å²) in [6, 6.07) is 0. The molecule has 4 heteroatoms. The van der Waals surface area contributed by atoms with Crippen LogP contribution < -0.4 is 0 Å². The van der Waals surface area contributed by atoms with Crippen molar-refractivity contribution in [1.82, 2.24) is 0 Å². The maximum Gasteiger partial charge on any atom is 0.204 e. The zero-order chi connectivity index (χ0) is 16.4. The van der Waals surface area contributed by atoms with Crippen molar-refractivity contribution in [3.63, 3.8) is 0 Å². The number of ether oxygens (including phenoxy) is 4. The summed E-state index contributed by atoms with van der Waals surface area (Å²) in [6.45, 7) is 12.0. The van der Waals surface area contributed by atoms with Gasteiger partial charge in [0, 0.05) is 19.1 Å². The summed E-state index contributed by atoms with van der Waals surface area (Å²) in [5.41, 5.74) is 0. The lowest BCUT2D eigenvalue weighted by molar-refractivity contribution is -0.275. The number of rotatable bonds is 10. The highest BCUT2D eigenvalue weighted by atomic mass is 16.7. The number of hydrogen-bond acceptors (Lipinski definition) is 4. The average molecular weight is 314 g/mol. The van der Waals surface area contributed by atoms with E-state index in [4.69, 9.17) is 18.9 Å². The van der Waals surface area contributed by atoms with Crippen LogP contribution in [0.2, 0.25) is 0 Å². The van der Waals surface area contributed by atoms with Crippen LogP contribution in [-0.4, -0.2) is 37.8 Å². The lowest BCUT2D eigenvalue weighted by Gasteiger charge is -2.43. The zero-order valence-corrected chi connectivity index (χ0v) is 14.9. The first kappa shape index (κ1) is 19.5. The van der Waals surface area contributed by atoms with E-state index >= 15 is 0 Å². The second kappa shape index (κ2) is 11.0. The van der Waals surface area contributed by atoms with Crippen molar-refractivity contribution in [3.05, 3.63) is 12.3 Å². The van der Waals surface area contributed by atoms with Crippen LogP contribution in [0.1, 0.15) is 60.3 Å². The van der Waals surface area contributed by atoms with Crippen molar-refractivity contribution in [2.45, 2.75) is 84.9 Å². The Kier molecular flexibility index (Phi) is 9.76. The third-order valence-electron chi connectivity index (χ3n) is 4.05. The van der Waals surface area contributed by atoms with Crippen LogP contribution in [0.15, 0.2) is 12.3 Å². The molecule has 1 aliphatic rings. The molecule has 0 aromatic rings. The Morgan fingerprint density at radius 1 is 0.955 bits per heavy atom. The molecule has 0 aliphatic carbocycles. The number of unbranched alkanes of at least 4 members (excludes halogenated alkanes) is 2. The Morgan fingerprint density at radius 3 is 2.09 bits per heavy atom. The molecule has 1 fully saturated rings. The minimum absolute atomic E-state index is 0.0161. The van der Waals surface area contributed by atoms with E-state index in [0.717, 1.165) is 38.9 Å². The third kappa shape index (κ3) is 5.90. The molecule has 0 bridgehead atoms. The van der Waals surface area contributed by atoms with E-state index < -0.39 is 0 Å². The Morgan fingerprint density at radius 2 is 1.55 bits per heavy atom. The quantitative estimate of drug-likeness (QED) is 0.445. The van der Waals surface area contributed by atoms with Gasteiger partial charge in [-0.25, -0.2) is 0 Å². The van der Waals surface area contributed by atoms with E-state index in [-0.39, 0.29) is 30.5 Å². The molecule has 22 heavy (non-hydrogen) atoms. The SMILES string of the molecule is C/C=C\O[C@H]1OC(C)[C@@H](OCCCC)[C@H](OCCCC)C1C. The minimum Gasteiger partial charge on any atom is -0.472 e. The van der Waals surface area contributed by atoms with Gasteiger partial charge in [0.2, 0.25) is 6.29 Å². The molecule has 1 heterocycles. The number of hydrogen-bond donors (Lipinski definition) is 0. The molecule has 130 valence electrons. The molecular weight excluding hydrogens is 280 g/mol. The molecule has 1 rings (SSSR count). The van der Waals surface area contributed by atoms with Crippen molar-refractivity contribution in [2.24, 2.45) is 5.92 Å². The van der Waals surface area contributed by atoms with E-state index in [2.05, 4.69) is 20.8 Å². The van der Waals surface area contributed by atoms with Crippen LogP contribution >= 0.6 is 0 Å². The van der Waals surface area contributed by atoms with Gasteiger partial charge in [0.15, 0.2) is 0 Å². The van der Waals surface area contributed by atoms with Gasteiger partial charge >= 0.3 is 0 Å². The molecule has 0 amide bonds. The van der Waals surface area contributed by atoms with Crippen LogP contribution in [0.5, 0.6) is 0 Å². The molecule has 0 spiro atoms. The Balaban J connectivity index is 2.70. The molecule has 1 saturated heterocycles. The van der Waals surface area contributed by atoms with E-state index in [9.17, 15) is 0 Å². The van der Waals surface area contributed by atoms with Gasteiger partial charge in [0.05, 0.1) is 18.5 Å². The Labute approximate surface area is 136 Å². The summed E-state index contributed by atoms with van der Waals surface area (Å²) in [4.78, 5) is 0. The van der Waals surface area contributed by atoms with Crippen molar-refractivity contribution in [2.75, 3.05) is 13.2 Å². The summed E-state index contributed by atoms with van der Waals surface area (Å²) in [5.74, 6) is 0.135. The first-order valence-corrected chi connectivity index (χ1v) is 8.80. The lowest BCUT2D eigenvalue weighted by atomic mass is 9.92. The van der Waals surface area contributed by atoms with Crippen LogP contribution in [0.25, 0.3) is 0 Å². The molecule has 4 nitrogen and oxygen atoms in total. The molecule has 5 atom stereocenters. The molecule has 2 unspecified atom stereocenters. The van der Waals surface area contributed by atoms with Gasteiger partial charge in [0.25, 0.3) is 0 Å². The van der Waals surface area contributed by atoms with Crippen LogP contribution in [-0.2, 0) is 18.9 Å². The standard InChI is InChI=1S/C18H34O4/c1-6-9-12-19-16-14(4)18(21-11-8-3)22-15(5)17(16)20-13-10-7-2/h8,11,14-18H,6-7,9-10,12-13H2,1-5H3/b11-8-/t14?,15?,16-,17-,18+/m1/s1. The fourth-order valence-electron chi connectivity index (χ4n) is 2.65. The summed E-state index contributed by atoms with van der Waals surface area (Å²) in [5, 5.41) is 0. The summed E-state index contributed by atoms with van der Waals surface area (Å²) in [7, 11) is 0. The first-order valence-electron chi connectivity index (χ1n) is 8.80. The van der Waals surface area contributed by atoms with Gasteiger partial charge in [-0.1, -0.05) is 39.7 Å². The third-order valence-corrected chi connectivity index (χ3v) is 4.05. The van der Waals surface area contributed by atoms with Gasteiger partial charge in [-0.05, 0) is 26.7 Å². The Hall–Kier alpha value is -0.580. The fraction of sp³-hybridized carbons (Fsp3) is 0.889. The van der Waals surface area contributed by atoms with Crippen LogP contribution in [0.3, 0.4) is 0 Å². The summed E-state index contributed by atoms with van der Waals surface area (Å²) in [6.07, 6.45) is 7.65. The molecule has 0 saturated carbocycles. The highest BCUT2D eigenvalue weighted by molar-refractivity contribution is 4.89. The van der Waals surface area contributed by atoms with E-state index in [1.165, 1.54) is 0 Å². The van der Waals surface area contributed by atoms with Gasteiger partial charge in [0.1, 0.15) is 6.10 Å². The predicted molar refractivity (Wildman–Crippen MR) is 88.7 cm³/mol. The van der Waals surface area contributed by atoms with Gasteiger partial charge in [-0.3, -0.25) is 0 Å². The average Bonchev–Trinajstić information content (AvgIpc) is 2.51. The summed E-state index contributed by atoms with van der Waals surface area (Å²) < 4.78 is 23.9. The largest absolute Gasteiger partial charge is 0.472 e. The number of allylic oxidation sites excluding steroid dienone is 1. The molecular formula is C18H34O4. The molecule has 1 aliphatic heterocycles. The Bertz CT molecular complexity index is 305. The van der Waals surface area contributed by atoms with Crippen molar-refractivity contribution in [1.29, 1.82) is 0 Å². The molecule has 0 aromatic heterocycles. The maximum atomic E-state index is 6.15. The van der Waals surface area contributed by atoms with Gasteiger partial charge in [-0.2, -0.15) is 0 Å². The highest BCUT2D eigenvalue weighted by Crippen LogP contribution is 2.31. The van der Waals surface area contributed by atoms with Crippen molar-refractivity contribution in [3.8, 4) is 0 Å². The van der Waals surface area contributed by atoms with Gasteiger partial charge < -0.3 is 18.9 Å². The molecule has 0 radical (unpaired) electrons. The van der Waals surface area contributed by atoms with Gasteiger partial charge in [-0.15, -0.1) is 0 Å². The maximum absolute atomic E-state index is 6.15. The second-order valence-electron chi connectivity index (χ2n) is 6.05. The smallest absolute Gasteiger partial charge is 0.204 e. The summed E-state index contributed by atoms with van der Waals surface area (Å²) >= 11 is 0. The zero-order valence-electron chi connectivity index (χ0n) is 14.9. The monoisotopic (exact) mass is 314 g/mol. The fourth-order valence-corrected chi connectivity index (χ4v) is 2.65. The first-order chi connectivity index (χ1) is 10.7. The van der Waals surface area contributed by atoms with Crippen molar-refractivity contribution < 1.29 is 18.9 Å². The van der Waals surface area contributed by atoms with Crippen molar-refractivity contribution >= 4 is 0 Å². The molecule has 0 aromatic carbocycles.